The van der Waals surface area contributed by atoms with E-state index in [4.69, 9.17) is 9.84 Å². The first kappa shape index (κ1) is 21.0. The fraction of sp³-hybridized carbons (Fsp3) is 0.600. The molecule has 0 aliphatic carbocycles. The molecule has 0 aromatic heterocycles. The summed E-state index contributed by atoms with van der Waals surface area (Å²) in [6, 6.07) is 7.09. The molecule has 0 spiro atoms. The molecule has 0 fully saturated rings. The van der Waals surface area contributed by atoms with Crippen molar-refractivity contribution in [2.45, 2.75) is 65.4 Å². The lowest BCUT2D eigenvalue weighted by Gasteiger charge is -2.27. The van der Waals surface area contributed by atoms with Gasteiger partial charge in [0.25, 0.3) is 0 Å². The Labute approximate surface area is 151 Å². The number of hydrogen-bond acceptors (Lipinski definition) is 3. The summed E-state index contributed by atoms with van der Waals surface area (Å²) in [6.07, 6.45) is 2.54. The minimum atomic E-state index is -0.907. The van der Waals surface area contributed by atoms with E-state index in [0.717, 1.165) is 24.8 Å². The number of carbonyl (C=O) groups is 2. The van der Waals surface area contributed by atoms with Crippen molar-refractivity contribution < 1.29 is 19.4 Å². The van der Waals surface area contributed by atoms with Crippen LogP contribution in [0.3, 0.4) is 0 Å². The van der Waals surface area contributed by atoms with Gasteiger partial charge >= 0.3 is 12.1 Å². The molecule has 1 atom stereocenters. The molecule has 1 aromatic carbocycles. The van der Waals surface area contributed by atoms with E-state index in [9.17, 15) is 9.59 Å². The highest BCUT2D eigenvalue weighted by atomic mass is 16.6. The van der Waals surface area contributed by atoms with Gasteiger partial charge in [-0.2, -0.15) is 0 Å². The third-order valence-corrected chi connectivity index (χ3v) is 4.14. The summed E-state index contributed by atoms with van der Waals surface area (Å²) in [6.45, 7) is 11.0. The van der Waals surface area contributed by atoms with Crippen LogP contribution < -0.4 is 0 Å². The lowest BCUT2D eigenvalue weighted by molar-refractivity contribution is 0.0256. The summed E-state index contributed by atoms with van der Waals surface area (Å²) >= 11 is 0. The number of carboxylic acids is 1. The van der Waals surface area contributed by atoms with Gasteiger partial charge < -0.3 is 14.7 Å². The lowest BCUT2D eigenvalue weighted by Crippen LogP contribution is -2.37. The Hall–Kier alpha value is -2.04. The van der Waals surface area contributed by atoms with Crippen molar-refractivity contribution in [2.75, 3.05) is 13.1 Å². The third-order valence-electron chi connectivity index (χ3n) is 4.14. The van der Waals surface area contributed by atoms with E-state index in [1.54, 1.807) is 17.0 Å². The van der Waals surface area contributed by atoms with Crippen molar-refractivity contribution >= 4 is 12.1 Å². The van der Waals surface area contributed by atoms with E-state index in [1.807, 2.05) is 39.8 Å². The number of benzene rings is 1. The Kier molecular flexibility index (Phi) is 7.94. The fourth-order valence-corrected chi connectivity index (χ4v) is 2.74. The van der Waals surface area contributed by atoms with Crippen LogP contribution in [0.1, 0.15) is 75.7 Å². The highest BCUT2D eigenvalue weighted by molar-refractivity contribution is 5.87. The monoisotopic (exact) mass is 349 g/mol. The number of amides is 1. The molecule has 5 heteroatoms. The van der Waals surface area contributed by atoms with Gasteiger partial charge in [-0.15, -0.1) is 0 Å². The van der Waals surface area contributed by atoms with Crippen LogP contribution in [0.2, 0.25) is 0 Å². The van der Waals surface area contributed by atoms with Gasteiger partial charge in [0.1, 0.15) is 5.60 Å². The van der Waals surface area contributed by atoms with Gasteiger partial charge in [0.05, 0.1) is 5.56 Å². The summed E-state index contributed by atoms with van der Waals surface area (Å²) in [7, 11) is 0. The molecule has 0 aliphatic rings. The molecule has 140 valence electrons. The first-order valence-electron chi connectivity index (χ1n) is 8.99. The zero-order valence-corrected chi connectivity index (χ0v) is 16.0. The van der Waals surface area contributed by atoms with E-state index in [2.05, 4.69) is 6.92 Å². The molecular weight excluding hydrogens is 318 g/mol. The quantitative estimate of drug-likeness (QED) is 0.723. The van der Waals surface area contributed by atoms with E-state index in [1.165, 1.54) is 0 Å². The topological polar surface area (TPSA) is 66.8 Å². The van der Waals surface area contributed by atoms with Crippen LogP contribution in [0, 0.1) is 0 Å². The molecule has 0 bridgehead atoms. The van der Waals surface area contributed by atoms with Gasteiger partial charge in [0.2, 0.25) is 0 Å². The maximum Gasteiger partial charge on any atom is 0.410 e. The van der Waals surface area contributed by atoms with Crippen molar-refractivity contribution in [1.29, 1.82) is 0 Å². The molecule has 25 heavy (non-hydrogen) atoms. The van der Waals surface area contributed by atoms with Crippen molar-refractivity contribution in [1.82, 2.24) is 4.90 Å². The number of carboxylic acid groups (broad SMARTS) is 1. The Balaban J connectivity index is 2.58. The first-order valence-corrected chi connectivity index (χ1v) is 8.99. The third kappa shape index (κ3) is 7.16. The summed E-state index contributed by atoms with van der Waals surface area (Å²) in [4.78, 5) is 24.8. The molecule has 0 saturated heterocycles. The minimum absolute atomic E-state index is 0.270. The van der Waals surface area contributed by atoms with Crippen molar-refractivity contribution in [3.63, 3.8) is 0 Å². The summed E-state index contributed by atoms with van der Waals surface area (Å²) in [5, 5.41) is 8.98. The fourth-order valence-electron chi connectivity index (χ4n) is 2.74. The molecule has 1 aromatic rings. The Morgan fingerprint density at radius 1 is 1.16 bits per heavy atom. The highest BCUT2D eigenvalue weighted by Crippen LogP contribution is 2.25. The molecule has 0 saturated carbocycles. The highest BCUT2D eigenvalue weighted by Gasteiger charge is 2.21. The van der Waals surface area contributed by atoms with Crippen LogP contribution in [0.25, 0.3) is 0 Å². The summed E-state index contributed by atoms with van der Waals surface area (Å²) in [5.41, 5.74) is 0.969. The summed E-state index contributed by atoms with van der Waals surface area (Å²) in [5.74, 6) is -0.546. The van der Waals surface area contributed by atoms with E-state index in [0.29, 0.717) is 24.6 Å². The number of hydrogen-bond donors (Lipinski definition) is 1. The second-order valence-electron chi connectivity index (χ2n) is 7.23. The van der Waals surface area contributed by atoms with E-state index < -0.39 is 11.6 Å². The van der Waals surface area contributed by atoms with Gasteiger partial charge in [-0.3, -0.25) is 0 Å². The van der Waals surface area contributed by atoms with Gasteiger partial charge in [-0.05, 0) is 70.6 Å². The molecule has 0 radical (unpaired) electrons. The Morgan fingerprint density at radius 3 is 2.20 bits per heavy atom. The Morgan fingerprint density at radius 2 is 1.76 bits per heavy atom. The second kappa shape index (κ2) is 9.44. The lowest BCUT2D eigenvalue weighted by atomic mass is 9.91. The van der Waals surface area contributed by atoms with Gasteiger partial charge in [0, 0.05) is 13.1 Å². The van der Waals surface area contributed by atoms with Crippen molar-refractivity contribution in [2.24, 2.45) is 0 Å². The van der Waals surface area contributed by atoms with Gasteiger partial charge in [0.15, 0.2) is 0 Å². The smallest absolute Gasteiger partial charge is 0.410 e. The predicted molar refractivity (Wildman–Crippen MR) is 99.1 cm³/mol. The minimum Gasteiger partial charge on any atom is -0.478 e. The number of ether oxygens (including phenoxy) is 1. The van der Waals surface area contributed by atoms with Crippen molar-refractivity contribution in [3.05, 3.63) is 35.4 Å². The number of nitrogens with zero attached hydrogens (tertiary/aromatic N) is 1. The van der Waals surface area contributed by atoms with Crippen molar-refractivity contribution in [3.8, 4) is 0 Å². The van der Waals surface area contributed by atoms with Crippen LogP contribution in [0.15, 0.2) is 24.3 Å². The van der Waals surface area contributed by atoms with Crippen LogP contribution in [0.4, 0.5) is 4.79 Å². The second-order valence-corrected chi connectivity index (χ2v) is 7.23. The SMILES string of the molecule is CCC(CCCN(CC)C(=O)OC(C)(C)C)c1ccc(C(=O)O)cc1. The van der Waals surface area contributed by atoms with E-state index >= 15 is 0 Å². The molecule has 1 unspecified atom stereocenters. The zero-order chi connectivity index (χ0) is 19.0. The van der Waals surface area contributed by atoms with Crippen LogP contribution in [-0.2, 0) is 4.74 Å². The Bertz CT molecular complexity index is 560. The summed E-state index contributed by atoms with van der Waals surface area (Å²) < 4.78 is 5.43. The van der Waals surface area contributed by atoms with Gasteiger partial charge in [-0.1, -0.05) is 19.1 Å². The number of carbonyl (C=O) groups excluding carboxylic acids is 1. The molecule has 1 rings (SSSR count). The largest absolute Gasteiger partial charge is 0.478 e. The zero-order valence-electron chi connectivity index (χ0n) is 16.0. The predicted octanol–water partition coefficient (Wildman–Crippen LogP) is 4.92. The van der Waals surface area contributed by atoms with Crippen LogP contribution in [0.5, 0.6) is 0 Å². The van der Waals surface area contributed by atoms with Crippen LogP contribution in [-0.4, -0.2) is 40.8 Å². The molecular formula is C20H31NO4. The van der Waals surface area contributed by atoms with E-state index in [-0.39, 0.29) is 6.09 Å². The molecule has 1 amide bonds. The maximum atomic E-state index is 12.2. The average Bonchev–Trinajstić information content (AvgIpc) is 2.53. The molecule has 1 N–H and O–H groups in total. The van der Waals surface area contributed by atoms with Crippen LogP contribution >= 0.6 is 0 Å². The average molecular weight is 349 g/mol. The van der Waals surface area contributed by atoms with Gasteiger partial charge in [-0.25, -0.2) is 9.59 Å². The maximum absolute atomic E-state index is 12.2. The molecule has 5 nitrogen and oxygen atoms in total. The molecule has 0 heterocycles. The number of rotatable bonds is 8. The number of aromatic carboxylic acids is 1. The molecule has 0 aliphatic heterocycles. The normalized spacial score (nSPS) is 12.5. The standard InChI is InChI=1S/C20H31NO4/c1-6-15(16-10-12-17(13-11-16)18(22)23)9-8-14-21(7-2)19(24)25-20(3,4)5/h10-13,15H,6-9,14H2,1-5H3,(H,22,23). The first-order chi connectivity index (χ1) is 11.7.